The van der Waals surface area contributed by atoms with Crippen LogP contribution >= 0.6 is 0 Å². The molecule has 2 amide bonds. The summed E-state index contributed by atoms with van der Waals surface area (Å²) in [6, 6.07) is 16.1. The molecule has 2 aromatic rings. The van der Waals surface area contributed by atoms with Crippen molar-refractivity contribution in [1.82, 2.24) is 4.90 Å². The van der Waals surface area contributed by atoms with Crippen molar-refractivity contribution < 1.29 is 18.0 Å². The minimum absolute atomic E-state index is 0.0165. The van der Waals surface area contributed by atoms with Crippen LogP contribution < -0.4 is 10.6 Å². The molecule has 0 radical (unpaired) electrons. The van der Waals surface area contributed by atoms with Crippen LogP contribution in [0.4, 0.5) is 11.4 Å². The van der Waals surface area contributed by atoms with Crippen LogP contribution in [0.25, 0.3) is 0 Å². The molecule has 2 fully saturated rings. The summed E-state index contributed by atoms with van der Waals surface area (Å²) in [5.41, 5.74) is 1.71. The zero-order valence-electron chi connectivity index (χ0n) is 18.7. The minimum atomic E-state index is -3.09. The average molecular weight is 470 g/mol. The Labute approximate surface area is 195 Å². The topological polar surface area (TPSA) is 95.6 Å². The molecule has 7 nitrogen and oxygen atoms in total. The number of rotatable bonds is 7. The maximum Gasteiger partial charge on any atom is 0.257 e. The number of carbonyl (C=O) groups is 2. The molecule has 176 valence electrons. The molecule has 1 aliphatic carbocycles. The highest BCUT2D eigenvalue weighted by atomic mass is 32.2. The number of anilines is 2. The average Bonchev–Trinajstić information content (AvgIpc) is 3.18. The molecule has 1 aliphatic heterocycles. The molecule has 2 N–H and O–H groups in total. The summed E-state index contributed by atoms with van der Waals surface area (Å²) in [5.74, 6) is -0.180. The van der Waals surface area contributed by atoms with Gasteiger partial charge in [-0.15, -0.1) is 0 Å². The smallest absolute Gasteiger partial charge is 0.257 e. The monoisotopic (exact) mass is 469 g/mol. The fraction of sp³-hybridized carbons (Fsp3) is 0.440. The van der Waals surface area contributed by atoms with Gasteiger partial charge in [-0.1, -0.05) is 49.6 Å². The summed E-state index contributed by atoms with van der Waals surface area (Å²) in [5, 5.41) is 6.02. The molecule has 0 unspecified atom stereocenters. The molecule has 1 atom stereocenters. The van der Waals surface area contributed by atoms with Crippen LogP contribution in [0.5, 0.6) is 0 Å². The van der Waals surface area contributed by atoms with E-state index in [1.54, 1.807) is 18.2 Å². The van der Waals surface area contributed by atoms with E-state index in [2.05, 4.69) is 10.6 Å². The lowest BCUT2D eigenvalue weighted by Crippen LogP contribution is -2.50. The van der Waals surface area contributed by atoms with E-state index in [-0.39, 0.29) is 41.9 Å². The highest BCUT2D eigenvalue weighted by Gasteiger charge is 2.38. The van der Waals surface area contributed by atoms with Crippen LogP contribution in [-0.4, -0.2) is 55.3 Å². The van der Waals surface area contributed by atoms with Crippen LogP contribution in [0.1, 0.15) is 48.9 Å². The number of hydrogen-bond acceptors (Lipinski definition) is 5. The molecule has 8 heteroatoms. The van der Waals surface area contributed by atoms with E-state index in [0.29, 0.717) is 23.4 Å². The Kier molecular flexibility index (Phi) is 7.33. The summed E-state index contributed by atoms with van der Waals surface area (Å²) in [4.78, 5) is 28.0. The number of carbonyl (C=O) groups excluding carboxylic acids is 2. The van der Waals surface area contributed by atoms with E-state index in [9.17, 15) is 18.0 Å². The van der Waals surface area contributed by atoms with E-state index in [1.165, 1.54) is 0 Å². The van der Waals surface area contributed by atoms with Gasteiger partial charge < -0.3 is 15.5 Å². The van der Waals surface area contributed by atoms with Crippen LogP contribution in [0.3, 0.4) is 0 Å². The van der Waals surface area contributed by atoms with Gasteiger partial charge in [-0.2, -0.15) is 0 Å². The van der Waals surface area contributed by atoms with Crippen molar-refractivity contribution in [2.45, 2.75) is 50.6 Å². The lowest BCUT2D eigenvalue weighted by atomic mass is 9.93. The summed E-state index contributed by atoms with van der Waals surface area (Å²) in [6.07, 6.45) is 5.61. The lowest BCUT2D eigenvalue weighted by molar-refractivity contribution is -0.134. The van der Waals surface area contributed by atoms with Crippen molar-refractivity contribution in [1.29, 1.82) is 0 Å². The fourth-order valence-corrected chi connectivity index (χ4v) is 6.59. The van der Waals surface area contributed by atoms with Crippen LogP contribution in [0, 0.1) is 0 Å². The van der Waals surface area contributed by atoms with E-state index < -0.39 is 9.84 Å². The SMILES string of the molecule is O=C(Nc1ccccc1)c1ccccc1NCC(=O)N(C1CCCCC1)[C@H]1CCS(=O)(=O)C1. The molecular weight excluding hydrogens is 438 g/mol. The fourth-order valence-electron chi connectivity index (χ4n) is 4.88. The first kappa shape index (κ1) is 23.3. The van der Waals surface area contributed by atoms with E-state index in [1.807, 2.05) is 41.3 Å². The van der Waals surface area contributed by atoms with E-state index in [0.717, 1.165) is 32.1 Å². The molecule has 1 saturated heterocycles. The molecule has 1 saturated carbocycles. The Balaban J connectivity index is 1.47. The molecule has 0 bridgehead atoms. The van der Waals surface area contributed by atoms with Gasteiger partial charge in [0.1, 0.15) is 0 Å². The predicted octanol–water partition coefficient (Wildman–Crippen LogP) is 3.70. The maximum atomic E-state index is 13.4. The zero-order valence-corrected chi connectivity index (χ0v) is 19.5. The second kappa shape index (κ2) is 10.4. The Bertz CT molecular complexity index is 1080. The summed E-state index contributed by atoms with van der Waals surface area (Å²) >= 11 is 0. The molecule has 4 rings (SSSR count). The summed E-state index contributed by atoms with van der Waals surface area (Å²) in [6.45, 7) is 0.0165. The number of sulfone groups is 1. The van der Waals surface area contributed by atoms with Crippen molar-refractivity contribution in [3.05, 3.63) is 60.2 Å². The molecule has 33 heavy (non-hydrogen) atoms. The highest BCUT2D eigenvalue weighted by Crippen LogP contribution is 2.28. The van der Waals surface area contributed by atoms with Gasteiger partial charge in [0, 0.05) is 23.5 Å². The molecular formula is C25H31N3O4S. The number of nitrogens with zero attached hydrogens (tertiary/aromatic N) is 1. The van der Waals surface area contributed by atoms with Crippen LogP contribution in [0.15, 0.2) is 54.6 Å². The Morgan fingerprint density at radius 2 is 1.58 bits per heavy atom. The maximum absolute atomic E-state index is 13.4. The number of amides is 2. The molecule has 2 aliphatic rings. The van der Waals surface area contributed by atoms with Crippen molar-refractivity contribution in [3.63, 3.8) is 0 Å². The second-order valence-corrected chi connectivity index (χ2v) is 11.1. The third-order valence-corrected chi connectivity index (χ3v) is 8.24. The van der Waals surface area contributed by atoms with Crippen LogP contribution in [0.2, 0.25) is 0 Å². The predicted molar refractivity (Wildman–Crippen MR) is 130 cm³/mol. The van der Waals surface area contributed by atoms with Crippen molar-refractivity contribution in [3.8, 4) is 0 Å². The lowest BCUT2D eigenvalue weighted by Gasteiger charge is -2.38. The Morgan fingerprint density at radius 1 is 0.879 bits per heavy atom. The first-order valence-electron chi connectivity index (χ1n) is 11.6. The second-order valence-electron chi connectivity index (χ2n) is 8.87. The van der Waals surface area contributed by atoms with Gasteiger partial charge in [0.2, 0.25) is 5.91 Å². The first-order chi connectivity index (χ1) is 15.9. The number of para-hydroxylation sites is 2. The third kappa shape index (κ3) is 5.93. The largest absolute Gasteiger partial charge is 0.376 e. The Morgan fingerprint density at radius 3 is 2.27 bits per heavy atom. The van der Waals surface area contributed by atoms with Gasteiger partial charge in [0.25, 0.3) is 5.91 Å². The number of hydrogen-bond donors (Lipinski definition) is 2. The highest BCUT2D eigenvalue weighted by molar-refractivity contribution is 7.91. The standard InChI is InChI=1S/C25H31N3O4S/c29-24(28(20-11-5-2-6-12-20)21-15-16-33(31,32)18-21)17-26-23-14-8-7-13-22(23)25(30)27-19-9-3-1-4-10-19/h1,3-4,7-10,13-14,20-21,26H,2,5-6,11-12,15-18H2,(H,27,30)/t21-/m0/s1. The first-order valence-corrected chi connectivity index (χ1v) is 13.5. The minimum Gasteiger partial charge on any atom is -0.376 e. The van der Waals surface area contributed by atoms with Crippen molar-refractivity contribution in [2.24, 2.45) is 0 Å². The number of benzene rings is 2. The summed E-state index contributed by atoms with van der Waals surface area (Å²) in [7, 11) is -3.09. The quantitative estimate of drug-likeness (QED) is 0.645. The van der Waals surface area contributed by atoms with Crippen molar-refractivity contribution in [2.75, 3.05) is 28.7 Å². The van der Waals surface area contributed by atoms with Crippen LogP contribution in [-0.2, 0) is 14.6 Å². The number of nitrogens with one attached hydrogen (secondary N) is 2. The van der Waals surface area contributed by atoms with Gasteiger partial charge >= 0.3 is 0 Å². The zero-order chi connectivity index (χ0) is 23.3. The summed E-state index contributed by atoms with van der Waals surface area (Å²) < 4.78 is 24.2. The Hall–Kier alpha value is -2.87. The van der Waals surface area contributed by atoms with Gasteiger partial charge in [-0.3, -0.25) is 9.59 Å². The van der Waals surface area contributed by atoms with Crippen molar-refractivity contribution >= 4 is 33.0 Å². The molecule has 0 aromatic heterocycles. The van der Waals surface area contributed by atoms with E-state index in [4.69, 9.17) is 0 Å². The molecule has 0 spiro atoms. The third-order valence-electron chi connectivity index (χ3n) is 6.49. The van der Waals surface area contributed by atoms with Gasteiger partial charge in [-0.25, -0.2) is 8.42 Å². The molecule has 2 aromatic carbocycles. The van der Waals surface area contributed by atoms with Gasteiger partial charge in [0.05, 0.1) is 23.6 Å². The van der Waals surface area contributed by atoms with Gasteiger partial charge in [0.15, 0.2) is 9.84 Å². The molecule has 1 heterocycles. The van der Waals surface area contributed by atoms with E-state index >= 15 is 0 Å². The normalized spacial score (nSPS) is 20.2. The van der Waals surface area contributed by atoms with Gasteiger partial charge in [-0.05, 0) is 43.5 Å².